The van der Waals surface area contributed by atoms with Crippen molar-refractivity contribution < 1.29 is 14.7 Å². The van der Waals surface area contributed by atoms with Crippen molar-refractivity contribution in [1.82, 2.24) is 9.80 Å². The predicted octanol–water partition coefficient (Wildman–Crippen LogP) is 1.24. The molecule has 0 aromatic rings. The van der Waals surface area contributed by atoms with E-state index in [1.165, 1.54) is 0 Å². The van der Waals surface area contributed by atoms with Crippen molar-refractivity contribution in [2.24, 2.45) is 11.8 Å². The quantitative estimate of drug-likeness (QED) is 0.750. The topological polar surface area (TPSA) is 60.9 Å². The zero-order valence-corrected chi connectivity index (χ0v) is 10.4. The van der Waals surface area contributed by atoms with Crippen LogP contribution >= 0.6 is 0 Å². The minimum atomic E-state index is -0.790. The van der Waals surface area contributed by atoms with Gasteiger partial charge in [-0.2, -0.15) is 0 Å². The summed E-state index contributed by atoms with van der Waals surface area (Å²) in [5, 5.41) is 9.05. The van der Waals surface area contributed by atoms with Gasteiger partial charge in [0.2, 0.25) is 0 Å². The van der Waals surface area contributed by atoms with Crippen molar-refractivity contribution in [2.75, 3.05) is 19.6 Å². The summed E-state index contributed by atoms with van der Waals surface area (Å²) in [4.78, 5) is 26.8. The molecule has 1 unspecified atom stereocenters. The maximum absolute atomic E-state index is 12.2. The fourth-order valence-corrected chi connectivity index (χ4v) is 2.84. The fraction of sp³-hybridized carbons (Fsp3) is 0.833. The Labute approximate surface area is 101 Å². The van der Waals surface area contributed by atoms with Gasteiger partial charge < -0.3 is 14.9 Å². The number of hydrogen-bond acceptors (Lipinski definition) is 2. The summed E-state index contributed by atoms with van der Waals surface area (Å²) in [5.74, 6) is -1.14. The number of urea groups is 1. The molecular formula is C12H20N2O3. The number of aliphatic carboxylic acids is 1. The van der Waals surface area contributed by atoms with Crippen molar-refractivity contribution >= 4 is 12.0 Å². The number of carbonyl (C=O) groups excluding carboxylic acids is 1. The molecule has 0 saturated carbocycles. The van der Waals surface area contributed by atoms with Crippen LogP contribution in [0.4, 0.5) is 4.79 Å². The van der Waals surface area contributed by atoms with Crippen LogP contribution in [0, 0.1) is 11.8 Å². The van der Waals surface area contributed by atoms with E-state index in [4.69, 9.17) is 5.11 Å². The lowest BCUT2D eigenvalue weighted by atomic mass is 9.99. The first kappa shape index (κ1) is 12.2. The van der Waals surface area contributed by atoms with Gasteiger partial charge in [-0.3, -0.25) is 4.79 Å². The second kappa shape index (κ2) is 4.55. The molecule has 0 aliphatic carbocycles. The third-order valence-electron chi connectivity index (χ3n) is 4.00. The zero-order valence-electron chi connectivity index (χ0n) is 10.4. The molecule has 1 N–H and O–H groups in total. The number of carbonyl (C=O) groups is 2. The molecule has 2 amide bonds. The Bertz CT molecular complexity index is 332. The highest BCUT2D eigenvalue weighted by atomic mass is 16.4. The number of amides is 2. The highest BCUT2D eigenvalue weighted by molar-refractivity contribution is 5.78. The average Bonchev–Trinajstić information content (AvgIpc) is 2.83. The molecule has 2 saturated heterocycles. The summed E-state index contributed by atoms with van der Waals surface area (Å²) < 4.78 is 0. The third kappa shape index (κ3) is 2.23. The molecule has 96 valence electrons. The lowest BCUT2D eigenvalue weighted by molar-refractivity contribution is -0.142. The maximum Gasteiger partial charge on any atom is 0.320 e. The van der Waals surface area contributed by atoms with Gasteiger partial charge in [0.1, 0.15) is 0 Å². The van der Waals surface area contributed by atoms with Crippen molar-refractivity contribution in [3.63, 3.8) is 0 Å². The van der Waals surface area contributed by atoms with E-state index in [9.17, 15) is 9.59 Å². The first-order valence-corrected chi connectivity index (χ1v) is 6.29. The molecule has 0 bridgehead atoms. The molecule has 0 radical (unpaired) electrons. The van der Waals surface area contributed by atoms with Crippen molar-refractivity contribution in [1.29, 1.82) is 0 Å². The Kier molecular flexibility index (Phi) is 3.26. The predicted molar refractivity (Wildman–Crippen MR) is 62.7 cm³/mol. The van der Waals surface area contributed by atoms with E-state index in [2.05, 4.69) is 6.92 Å². The van der Waals surface area contributed by atoms with Gasteiger partial charge >= 0.3 is 12.0 Å². The number of nitrogens with zero attached hydrogens (tertiary/aromatic N) is 2. The van der Waals surface area contributed by atoms with Gasteiger partial charge in [0.15, 0.2) is 0 Å². The highest BCUT2D eigenvalue weighted by Gasteiger charge is 2.39. The Hall–Kier alpha value is -1.26. The molecule has 2 fully saturated rings. The molecule has 5 nitrogen and oxygen atoms in total. The maximum atomic E-state index is 12.2. The van der Waals surface area contributed by atoms with Crippen molar-refractivity contribution in [3.8, 4) is 0 Å². The summed E-state index contributed by atoms with van der Waals surface area (Å²) in [7, 11) is 0. The van der Waals surface area contributed by atoms with Gasteiger partial charge in [-0.25, -0.2) is 4.79 Å². The molecule has 2 aliphatic rings. The monoisotopic (exact) mass is 240 g/mol. The highest BCUT2D eigenvalue weighted by Crippen LogP contribution is 2.26. The van der Waals surface area contributed by atoms with E-state index >= 15 is 0 Å². The summed E-state index contributed by atoms with van der Waals surface area (Å²) in [5.41, 5.74) is 0. The molecule has 17 heavy (non-hydrogen) atoms. The molecule has 5 heteroatoms. The van der Waals surface area contributed by atoms with Crippen LogP contribution in [0.3, 0.4) is 0 Å². The number of carboxylic acids is 1. The molecule has 2 aliphatic heterocycles. The standard InChI is InChI=1S/C12H20N2O3/c1-8-6-13(7-10(8)11(15)16)12(17)14-5-3-4-9(14)2/h8-10H,3-7H2,1-2H3,(H,15,16)/t8-,9?,10-/m1/s1. The first-order chi connectivity index (χ1) is 8.00. The largest absolute Gasteiger partial charge is 0.481 e. The first-order valence-electron chi connectivity index (χ1n) is 6.29. The second-order valence-corrected chi connectivity index (χ2v) is 5.29. The summed E-state index contributed by atoms with van der Waals surface area (Å²) in [6.45, 7) is 5.69. The molecule has 2 rings (SSSR count). The molecule has 0 spiro atoms. The number of rotatable bonds is 1. The Morgan fingerprint density at radius 1 is 1.24 bits per heavy atom. The Balaban J connectivity index is 2.00. The minimum absolute atomic E-state index is 0.0191. The summed E-state index contributed by atoms with van der Waals surface area (Å²) in [6.07, 6.45) is 2.11. The SMILES string of the molecule is CC1CCCN1C(=O)N1C[C@@H](C)[C@H](C(=O)O)C1. The smallest absolute Gasteiger partial charge is 0.320 e. The average molecular weight is 240 g/mol. The van der Waals surface area contributed by atoms with E-state index in [0.29, 0.717) is 19.1 Å². The minimum Gasteiger partial charge on any atom is -0.481 e. The van der Waals surface area contributed by atoms with Crippen LogP contribution in [0.5, 0.6) is 0 Å². The van der Waals surface area contributed by atoms with Crippen LogP contribution in [0.15, 0.2) is 0 Å². The Morgan fingerprint density at radius 2 is 1.94 bits per heavy atom. The van der Waals surface area contributed by atoms with Crippen LogP contribution in [0.1, 0.15) is 26.7 Å². The molecule has 3 atom stereocenters. The van der Waals surface area contributed by atoms with Gasteiger partial charge in [0.05, 0.1) is 5.92 Å². The number of hydrogen-bond donors (Lipinski definition) is 1. The van der Waals surface area contributed by atoms with Crippen molar-refractivity contribution in [2.45, 2.75) is 32.7 Å². The van der Waals surface area contributed by atoms with E-state index in [1.807, 2.05) is 11.8 Å². The van der Waals surface area contributed by atoms with Crippen LogP contribution in [-0.4, -0.2) is 52.6 Å². The molecular weight excluding hydrogens is 220 g/mol. The van der Waals surface area contributed by atoms with E-state index in [0.717, 1.165) is 19.4 Å². The normalized spacial score (nSPS) is 33.2. The van der Waals surface area contributed by atoms with Crippen LogP contribution in [0.25, 0.3) is 0 Å². The van der Waals surface area contributed by atoms with Gasteiger partial charge in [0, 0.05) is 25.7 Å². The van der Waals surface area contributed by atoms with Crippen LogP contribution < -0.4 is 0 Å². The Morgan fingerprint density at radius 3 is 2.41 bits per heavy atom. The number of likely N-dealkylation sites (tertiary alicyclic amines) is 2. The number of carboxylic acid groups (broad SMARTS) is 1. The second-order valence-electron chi connectivity index (χ2n) is 5.29. The lowest BCUT2D eigenvalue weighted by Gasteiger charge is -2.27. The van der Waals surface area contributed by atoms with Crippen LogP contribution in [0.2, 0.25) is 0 Å². The van der Waals surface area contributed by atoms with Gasteiger partial charge in [-0.15, -0.1) is 0 Å². The van der Waals surface area contributed by atoms with Gasteiger partial charge in [-0.05, 0) is 25.7 Å². The third-order valence-corrected chi connectivity index (χ3v) is 4.00. The van der Waals surface area contributed by atoms with E-state index in [1.54, 1.807) is 4.90 Å². The van der Waals surface area contributed by atoms with E-state index < -0.39 is 11.9 Å². The zero-order chi connectivity index (χ0) is 12.6. The molecule has 0 aromatic carbocycles. The van der Waals surface area contributed by atoms with E-state index in [-0.39, 0.29) is 11.9 Å². The fourth-order valence-electron chi connectivity index (χ4n) is 2.84. The van der Waals surface area contributed by atoms with Crippen molar-refractivity contribution in [3.05, 3.63) is 0 Å². The summed E-state index contributed by atoms with van der Waals surface area (Å²) in [6, 6.07) is 0.312. The molecule has 2 heterocycles. The molecule has 0 aromatic heterocycles. The summed E-state index contributed by atoms with van der Waals surface area (Å²) >= 11 is 0. The van der Waals surface area contributed by atoms with Gasteiger partial charge in [0.25, 0.3) is 0 Å². The lowest BCUT2D eigenvalue weighted by Crippen LogP contribution is -2.43. The van der Waals surface area contributed by atoms with Gasteiger partial charge in [-0.1, -0.05) is 6.92 Å². The van der Waals surface area contributed by atoms with Crippen LogP contribution in [-0.2, 0) is 4.79 Å².